The van der Waals surface area contributed by atoms with E-state index < -0.39 is 10.0 Å². The molecule has 0 radical (unpaired) electrons. The van der Waals surface area contributed by atoms with Crippen LogP contribution in [0.1, 0.15) is 0 Å². The SMILES string of the molecule is COc1ccc2cc(S(=O)(=O)N3CC[NH+](C)CC3)ccc2c1. The minimum absolute atomic E-state index is 0.365. The minimum Gasteiger partial charge on any atom is -0.497 e. The third kappa shape index (κ3) is 2.82. The highest BCUT2D eigenvalue weighted by atomic mass is 32.2. The van der Waals surface area contributed by atoms with Crippen LogP contribution in [0.2, 0.25) is 0 Å². The molecule has 2 aromatic carbocycles. The van der Waals surface area contributed by atoms with E-state index in [9.17, 15) is 8.42 Å². The van der Waals surface area contributed by atoms with Gasteiger partial charge in [0.1, 0.15) is 5.75 Å². The number of ether oxygens (including phenoxy) is 1. The second-order valence-electron chi connectivity index (χ2n) is 5.74. The fourth-order valence-corrected chi connectivity index (χ4v) is 4.22. The molecule has 118 valence electrons. The normalized spacial score (nSPS) is 17.7. The van der Waals surface area contributed by atoms with Crippen molar-refractivity contribution in [3.8, 4) is 5.75 Å². The molecule has 0 aliphatic carbocycles. The summed E-state index contributed by atoms with van der Waals surface area (Å²) in [6.07, 6.45) is 0. The van der Waals surface area contributed by atoms with Crippen LogP contribution in [0.5, 0.6) is 5.75 Å². The molecule has 0 saturated carbocycles. The topological polar surface area (TPSA) is 51.1 Å². The average molecular weight is 321 g/mol. The van der Waals surface area contributed by atoms with Crippen LogP contribution >= 0.6 is 0 Å². The maximum Gasteiger partial charge on any atom is 0.243 e. The van der Waals surface area contributed by atoms with Crippen molar-refractivity contribution in [2.24, 2.45) is 0 Å². The number of rotatable bonds is 3. The highest BCUT2D eigenvalue weighted by Gasteiger charge is 2.29. The Hall–Kier alpha value is -1.63. The molecular formula is C16H21N2O3S+. The Morgan fingerprint density at radius 2 is 1.68 bits per heavy atom. The summed E-state index contributed by atoms with van der Waals surface area (Å²) in [5.74, 6) is 0.769. The molecule has 6 heteroatoms. The standard InChI is InChI=1S/C16H20N2O3S/c1-17-7-9-18(10-8-17)22(19,20)16-6-4-13-11-15(21-2)5-3-14(13)12-16/h3-6,11-12H,7-10H2,1-2H3/p+1. The molecule has 0 amide bonds. The quantitative estimate of drug-likeness (QED) is 0.888. The number of hydrogen-bond donors (Lipinski definition) is 1. The minimum atomic E-state index is -3.40. The van der Waals surface area contributed by atoms with Crippen LogP contribution in [0, 0.1) is 0 Å². The van der Waals surface area contributed by atoms with Gasteiger partial charge < -0.3 is 9.64 Å². The van der Waals surface area contributed by atoms with E-state index in [1.807, 2.05) is 24.3 Å². The van der Waals surface area contributed by atoms with Crippen molar-refractivity contribution < 1.29 is 18.1 Å². The van der Waals surface area contributed by atoms with Gasteiger partial charge >= 0.3 is 0 Å². The summed E-state index contributed by atoms with van der Waals surface area (Å²) in [6, 6.07) is 10.9. The lowest BCUT2D eigenvalue weighted by molar-refractivity contribution is -0.883. The van der Waals surface area contributed by atoms with E-state index in [1.54, 1.807) is 23.5 Å². The fourth-order valence-electron chi connectivity index (χ4n) is 2.75. The molecule has 1 fully saturated rings. The molecule has 1 aliphatic rings. The summed E-state index contributed by atoms with van der Waals surface area (Å²) in [7, 11) is 0.307. The van der Waals surface area contributed by atoms with E-state index in [0.29, 0.717) is 18.0 Å². The molecule has 0 aromatic heterocycles. The predicted molar refractivity (Wildman–Crippen MR) is 85.9 cm³/mol. The van der Waals surface area contributed by atoms with Gasteiger partial charge in [0, 0.05) is 0 Å². The van der Waals surface area contributed by atoms with Gasteiger partial charge in [-0.15, -0.1) is 0 Å². The molecule has 1 heterocycles. The van der Waals surface area contributed by atoms with Gasteiger partial charge in [0.05, 0.1) is 45.2 Å². The third-order valence-corrected chi connectivity index (χ3v) is 6.13. The van der Waals surface area contributed by atoms with Gasteiger partial charge in [0.15, 0.2) is 0 Å². The highest BCUT2D eigenvalue weighted by molar-refractivity contribution is 7.89. The van der Waals surface area contributed by atoms with Gasteiger partial charge in [0.25, 0.3) is 0 Å². The maximum atomic E-state index is 12.8. The first-order valence-electron chi connectivity index (χ1n) is 7.40. The fraction of sp³-hybridized carbons (Fsp3) is 0.375. The Bertz CT molecular complexity index is 781. The molecule has 0 unspecified atom stereocenters. The number of benzene rings is 2. The first-order valence-corrected chi connectivity index (χ1v) is 8.84. The second kappa shape index (κ2) is 5.87. The van der Waals surface area contributed by atoms with E-state index in [2.05, 4.69) is 7.05 Å². The summed E-state index contributed by atoms with van der Waals surface area (Å²) in [5.41, 5.74) is 0. The molecule has 0 bridgehead atoms. The predicted octanol–water partition coefficient (Wildman–Crippen LogP) is 0.367. The molecule has 5 nitrogen and oxygen atoms in total. The molecular weight excluding hydrogens is 300 g/mol. The molecule has 1 N–H and O–H groups in total. The van der Waals surface area contributed by atoms with Crippen molar-refractivity contribution in [3.05, 3.63) is 36.4 Å². The Morgan fingerprint density at radius 1 is 1.05 bits per heavy atom. The molecule has 2 aromatic rings. The first kappa shape index (κ1) is 15.3. The lowest BCUT2D eigenvalue weighted by Gasteiger charge is -2.29. The average Bonchev–Trinajstić information content (AvgIpc) is 2.54. The molecule has 0 atom stereocenters. The zero-order valence-electron chi connectivity index (χ0n) is 12.9. The summed E-state index contributed by atoms with van der Waals surface area (Å²) < 4.78 is 32.3. The van der Waals surface area contributed by atoms with E-state index in [1.165, 1.54) is 4.90 Å². The summed E-state index contributed by atoms with van der Waals surface area (Å²) in [6.45, 7) is 2.86. The number of nitrogens with zero attached hydrogens (tertiary/aromatic N) is 1. The lowest BCUT2D eigenvalue weighted by atomic mass is 10.1. The summed E-state index contributed by atoms with van der Waals surface area (Å²) in [5, 5.41) is 1.88. The Morgan fingerprint density at radius 3 is 2.36 bits per heavy atom. The molecule has 22 heavy (non-hydrogen) atoms. The Kier molecular flexibility index (Phi) is 4.08. The zero-order chi connectivity index (χ0) is 15.7. The number of sulfonamides is 1. The number of methoxy groups -OCH3 is 1. The van der Waals surface area contributed by atoms with Crippen LogP contribution in [0.25, 0.3) is 10.8 Å². The largest absolute Gasteiger partial charge is 0.497 e. The van der Waals surface area contributed by atoms with Gasteiger partial charge in [-0.05, 0) is 35.0 Å². The van der Waals surface area contributed by atoms with Crippen molar-refractivity contribution in [2.75, 3.05) is 40.3 Å². The number of nitrogens with one attached hydrogen (secondary N) is 1. The van der Waals surface area contributed by atoms with Gasteiger partial charge in [-0.2, -0.15) is 4.31 Å². The third-order valence-electron chi connectivity index (χ3n) is 4.23. The van der Waals surface area contributed by atoms with Gasteiger partial charge in [-0.25, -0.2) is 8.42 Å². The summed E-state index contributed by atoms with van der Waals surface area (Å²) >= 11 is 0. The van der Waals surface area contributed by atoms with E-state index in [4.69, 9.17) is 4.74 Å². The van der Waals surface area contributed by atoms with E-state index in [0.717, 1.165) is 29.6 Å². The van der Waals surface area contributed by atoms with Gasteiger partial charge in [-0.1, -0.05) is 12.1 Å². The smallest absolute Gasteiger partial charge is 0.243 e. The van der Waals surface area contributed by atoms with Crippen LogP contribution < -0.4 is 9.64 Å². The maximum absolute atomic E-state index is 12.8. The van der Waals surface area contributed by atoms with Crippen LogP contribution in [-0.2, 0) is 10.0 Å². The van der Waals surface area contributed by atoms with Crippen molar-refractivity contribution >= 4 is 20.8 Å². The zero-order valence-corrected chi connectivity index (χ0v) is 13.7. The van der Waals surface area contributed by atoms with Gasteiger partial charge in [0.2, 0.25) is 10.0 Å². The number of piperazine rings is 1. The number of likely N-dealkylation sites (N-methyl/N-ethyl adjacent to an activating group) is 1. The van der Waals surface area contributed by atoms with Crippen molar-refractivity contribution in [3.63, 3.8) is 0 Å². The molecule has 0 spiro atoms. The highest BCUT2D eigenvalue weighted by Crippen LogP contribution is 2.25. The van der Waals surface area contributed by atoms with E-state index >= 15 is 0 Å². The van der Waals surface area contributed by atoms with Crippen molar-refractivity contribution in [1.82, 2.24) is 4.31 Å². The summed E-state index contributed by atoms with van der Waals surface area (Å²) in [4.78, 5) is 1.74. The number of fused-ring (bicyclic) bond motifs is 1. The van der Waals surface area contributed by atoms with Crippen molar-refractivity contribution in [1.29, 1.82) is 0 Å². The second-order valence-corrected chi connectivity index (χ2v) is 7.67. The Balaban J connectivity index is 1.95. The van der Waals surface area contributed by atoms with Crippen LogP contribution in [0.3, 0.4) is 0 Å². The number of quaternary nitrogens is 1. The van der Waals surface area contributed by atoms with Gasteiger partial charge in [-0.3, -0.25) is 0 Å². The molecule has 1 saturated heterocycles. The molecule has 3 rings (SSSR count). The van der Waals surface area contributed by atoms with Crippen molar-refractivity contribution in [2.45, 2.75) is 4.90 Å². The van der Waals surface area contributed by atoms with Crippen LogP contribution in [0.4, 0.5) is 0 Å². The lowest BCUT2D eigenvalue weighted by Crippen LogP contribution is -3.12. The monoisotopic (exact) mass is 321 g/mol. The Labute approximate surface area is 131 Å². The number of hydrogen-bond acceptors (Lipinski definition) is 3. The van der Waals surface area contributed by atoms with Crippen LogP contribution in [-0.4, -0.2) is 53.1 Å². The van der Waals surface area contributed by atoms with Crippen LogP contribution in [0.15, 0.2) is 41.3 Å². The molecule has 1 aliphatic heterocycles. The first-order chi connectivity index (χ1) is 10.5. The van der Waals surface area contributed by atoms with E-state index in [-0.39, 0.29) is 0 Å².